The summed E-state index contributed by atoms with van der Waals surface area (Å²) in [6.45, 7) is 8.29. The van der Waals surface area contributed by atoms with E-state index in [2.05, 4.69) is 5.32 Å². The molecule has 0 aromatic rings. The predicted molar refractivity (Wildman–Crippen MR) is 78.6 cm³/mol. The van der Waals surface area contributed by atoms with E-state index in [4.69, 9.17) is 0 Å². The van der Waals surface area contributed by atoms with Gasteiger partial charge >= 0.3 is 5.97 Å². The number of aliphatic carboxylic acids is 1. The van der Waals surface area contributed by atoms with Crippen LogP contribution in [0.4, 0.5) is 0 Å². The number of nitrogens with one attached hydrogen (secondary N) is 1. The third kappa shape index (κ3) is 3.51. The van der Waals surface area contributed by atoms with Crippen molar-refractivity contribution in [2.45, 2.75) is 77.4 Å². The molecule has 2 unspecified atom stereocenters. The fourth-order valence-corrected chi connectivity index (χ4v) is 2.95. The van der Waals surface area contributed by atoms with Crippen LogP contribution in [-0.4, -0.2) is 46.1 Å². The minimum absolute atomic E-state index is 0.0620. The average Bonchev–Trinajstić information content (AvgIpc) is 2.44. The smallest absolute Gasteiger partial charge is 0.323 e. The van der Waals surface area contributed by atoms with Crippen LogP contribution in [0.2, 0.25) is 0 Å². The maximum Gasteiger partial charge on any atom is 0.323 e. The average molecular weight is 284 g/mol. The Balaban J connectivity index is 2.80. The summed E-state index contributed by atoms with van der Waals surface area (Å²) in [5.41, 5.74) is -0.928. The number of hydrogen-bond acceptors (Lipinski definition) is 3. The molecule has 1 aliphatic rings. The van der Waals surface area contributed by atoms with Crippen LogP contribution in [0.5, 0.6) is 0 Å². The number of amides is 1. The molecule has 116 valence electrons. The normalized spacial score (nSPS) is 25.4. The molecular weight excluding hydrogens is 256 g/mol. The Labute approximate surface area is 121 Å². The largest absolute Gasteiger partial charge is 0.480 e. The zero-order valence-electron chi connectivity index (χ0n) is 13.1. The Kier molecular flexibility index (Phi) is 5.99. The van der Waals surface area contributed by atoms with Gasteiger partial charge in [-0.2, -0.15) is 0 Å². The van der Waals surface area contributed by atoms with Crippen molar-refractivity contribution in [2.24, 2.45) is 0 Å². The summed E-state index contributed by atoms with van der Waals surface area (Å²) >= 11 is 0. The maximum absolute atomic E-state index is 12.3. The monoisotopic (exact) mass is 284 g/mol. The first-order valence-corrected chi connectivity index (χ1v) is 7.67. The number of hydrogen-bond donors (Lipinski definition) is 2. The molecule has 1 saturated heterocycles. The number of likely N-dealkylation sites (tertiary alicyclic amines) is 1. The Bertz CT molecular complexity index is 355. The van der Waals surface area contributed by atoms with Crippen molar-refractivity contribution in [2.75, 3.05) is 6.54 Å². The molecule has 0 radical (unpaired) electrons. The second kappa shape index (κ2) is 7.07. The van der Waals surface area contributed by atoms with E-state index in [-0.39, 0.29) is 11.9 Å². The summed E-state index contributed by atoms with van der Waals surface area (Å²) in [6.07, 6.45) is 4.24. The third-order valence-corrected chi connectivity index (χ3v) is 4.59. The van der Waals surface area contributed by atoms with E-state index in [0.717, 1.165) is 25.7 Å². The number of carboxylic acid groups (broad SMARTS) is 1. The number of rotatable bonds is 6. The predicted octanol–water partition coefficient (Wildman–Crippen LogP) is 2.01. The van der Waals surface area contributed by atoms with Gasteiger partial charge in [-0.1, -0.05) is 13.8 Å². The van der Waals surface area contributed by atoms with Crippen LogP contribution in [0, 0.1) is 0 Å². The molecule has 0 aliphatic carbocycles. The lowest BCUT2D eigenvalue weighted by Gasteiger charge is -2.44. The standard InChI is InChI=1S/C15H28N2O3/c1-5-12(6-2)16-13(18)11(3)17-10-8-7-9-15(17,4)14(19)20/h11-12H,5-10H2,1-4H3,(H,16,18)(H,19,20). The highest BCUT2D eigenvalue weighted by molar-refractivity contribution is 5.84. The van der Waals surface area contributed by atoms with Gasteiger partial charge in [0.15, 0.2) is 0 Å². The van der Waals surface area contributed by atoms with Crippen molar-refractivity contribution < 1.29 is 14.7 Å². The Morgan fingerprint density at radius 2 is 1.90 bits per heavy atom. The Hall–Kier alpha value is -1.10. The summed E-state index contributed by atoms with van der Waals surface area (Å²) in [5, 5.41) is 12.5. The van der Waals surface area contributed by atoms with Crippen molar-refractivity contribution in [3.8, 4) is 0 Å². The highest BCUT2D eigenvalue weighted by Gasteiger charge is 2.45. The molecule has 5 heteroatoms. The molecule has 0 spiro atoms. The molecule has 1 rings (SSSR count). The zero-order chi connectivity index (χ0) is 15.3. The van der Waals surface area contributed by atoms with Gasteiger partial charge in [0.2, 0.25) is 5.91 Å². The van der Waals surface area contributed by atoms with Crippen LogP contribution in [0.15, 0.2) is 0 Å². The van der Waals surface area contributed by atoms with Crippen LogP contribution < -0.4 is 5.32 Å². The van der Waals surface area contributed by atoms with Gasteiger partial charge in [-0.05, 0) is 46.0 Å². The Morgan fingerprint density at radius 3 is 2.40 bits per heavy atom. The summed E-state index contributed by atoms with van der Waals surface area (Å²) in [4.78, 5) is 25.8. The Morgan fingerprint density at radius 1 is 1.30 bits per heavy atom. The SMILES string of the molecule is CCC(CC)NC(=O)C(C)N1CCCCC1(C)C(=O)O. The molecule has 2 N–H and O–H groups in total. The van der Waals surface area contributed by atoms with Crippen LogP contribution in [-0.2, 0) is 9.59 Å². The van der Waals surface area contributed by atoms with E-state index in [1.165, 1.54) is 0 Å². The van der Waals surface area contributed by atoms with Gasteiger partial charge in [-0.25, -0.2) is 0 Å². The topological polar surface area (TPSA) is 69.6 Å². The number of nitrogens with zero attached hydrogens (tertiary/aromatic N) is 1. The molecule has 1 aliphatic heterocycles. The zero-order valence-corrected chi connectivity index (χ0v) is 13.1. The molecule has 0 aromatic carbocycles. The lowest BCUT2D eigenvalue weighted by Crippen LogP contribution is -2.62. The highest BCUT2D eigenvalue weighted by Crippen LogP contribution is 2.30. The number of carbonyl (C=O) groups excluding carboxylic acids is 1. The van der Waals surface area contributed by atoms with E-state index in [1.54, 1.807) is 6.92 Å². The first-order chi connectivity index (χ1) is 9.36. The molecule has 0 aromatic heterocycles. The van der Waals surface area contributed by atoms with Crippen LogP contribution in [0.1, 0.15) is 59.8 Å². The van der Waals surface area contributed by atoms with Gasteiger partial charge in [0.05, 0.1) is 6.04 Å². The number of piperidine rings is 1. The fourth-order valence-electron chi connectivity index (χ4n) is 2.95. The van der Waals surface area contributed by atoms with Crippen molar-refractivity contribution in [3.05, 3.63) is 0 Å². The fraction of sp³-hybridized carbons (Fsp3) is 0.867. The third-order valence-electron chi connectivity index (χ3n) is 4.59. The van der Waals surface area contributed by atoms with Crippen molar-refractivity contribution in [1.29, 1.82) is 0 Å². The molecule has 2 atom stereocenters. The highest BCUT2D eigenvalue weighted by atomic mass is 16.4. The van der Waals surface area contributed by atoms with E-state index >= 15 is 0 Å². The summed E-state index contributed by atoms with van der Waals surface area (Å²) in [6, 6.07) is -0.233. The summed E-state index contributed by atoms with van der Waals surface area (Å²) < 4.78 is 0. The first-order valence-electron chi connectivity index (χ1n) is 7.67. The number of carboxylic acids is 1. The molecule has 20 heavy (non-hydrogen) atoms. The molecule has 5 nitrogen and oxygen atoms in total. The van der Waals surface area contributed by atoms with Gasteiger partial charge in [0.25, 0.3) is 0 Å². The van der Waals surface area contributed by atoms with Gasteiger partial charge in [0.1, 0.15) is 5.54 Å². The van der Waals surface area contributed by atoms with E-state index in [0.29, 0.717) is 13.0 Å². The quantitative estimate of drug-likeness (QED) is 0.783. The van der Waals surface area contributed by atoms with Gasteiger partial charge in [-0.3, -0.25) is 14.5 Å². The van der Waals surface area contributed by atoms with Crippen LogP contribution in [0.25, 0.3) is 0 Å². The molecule has 0 bridgehead atoms. The minimum Gasteiger partial charge on any atom is -0.480 e. The van der Waals surface area contributed by atoms with Crippen LogP contribution in [0.3, 0.4) is 0 Å². The van der Waals surface area contributed by atoms with Crippen LogP contribution >= 0.6 is 0 Å². The van der Waals surface area contributed by atoms with Crippen molar-refractivity contribution in [3.63, 3.8) is 0 Å². The van der Waals surface area contributed by atoms with E-state index in [9.17, 15) is 14.7 Å². The lowest BCUT2D eigenvalue weighted by atomic mass is 9.87. The molecule has 1 amide bonds. The first kappa shape index (κ1) is 17.0. The van der Waals surface area contributed by atoms with Gasteiger partial charge < -0.3 is 10.4 Å². The van der Waals surface area contributed by atoms with Crippen molar-refractivity contribution >= 4 is 11.9 Å². The molecule has 1 fully saturated rings. The maximum atomic E-state index is 12.3. The molecule has 1 heterocycles. The molecular formula is C15H28N2O3. The van der Waals surface area contributed by atoms with Gasteiger partial charge in [0, 0.05) is 12.6 Å². The number of carbonyl (C=O) groups is 2. The summed E-state index contributed by atoms with van der Waals surface area (Å²) in [7, 11) is 0. The lowest BCUT2D eigenvalue weighted by molar-refractivity contribution is -0.156. The van der Waals surface area contributed by atoms with E-state index < -0.39 is 17.6 Å². The van der Waals surface area contributed by atoms with Crippen molar-refractivity contribution in [1.82, 2.24) is 10.2 Å². The minimum atomic E-state index is -0.928. The van der Waals surface area contributed by atoms with Gasteiger partial charge in [-0.15, -0.1) is 0 Å². The summed E-state index contributed by atoms with van der Waals surface area (Å²) in [5.74, 6) is -0.896. The van der Waals surface area contributed by atoms with E-state index in [1.807, 2.05) is 25.7 Å². The second-order valence-corrected chi connectivity index (χ2v) is 5.93. The second-order valence-electron chi connectivity index (χ2n) is 5.93. The molecule has 0 saturated carbocycles.